The molecule has 0 unspecified atom stereocenters. The largest absolute Gasteiger partial charge is 0.354 e. The summed E-state index contributed by atoms with van der Waals surface area (Å²) < 4.78 is 0. The van der Waals surface area contributed by atoms with E-state index in [2.05, 4.69) is 4.98 Å². The first-order valence-electron chi connectivity index (χ1n) is 6.62. The molecule has 1 heterocycles. The van der Waals surface area contributed by atoms with E-state index in [9.17, 15) is 9.59 Å². The molecule has 0 radical (unpaired) electrons. The van der Waals surface area contributed by atoms with Crippen LogP contribution in [0.4, 0.5) is 21.0 Å². The van der Waals surface area contributed by atoms with E-state index in [-0.39, 0.29) is 0 Å². The van der Waals surface area contributed by atoms with Gasteiger partial charge in [-0.1, -0.05) is 6.07 Å². The van der Waals surface area contributed by atoms with Crippen molar-refractivity contribution in [3.8, 4) is 0 Å². The molecule has 1 aromatic heterocycles. The number of carbonyl (C=O) groups is 2. The van der Waals surface area contributed by atoms with E-state index in [1.165, 1.54) is 0 Å². The van der Waals surface area contributed by atoms with Gasteiger partial charge >= 0.3 is 12.1 Å². The van der Waals surface area contributed by atoms with Crippen LogP contribution in [-0.4, -0.2) is 17.0 Å². The maximum absolute atomic E-state index is 11.2. The molecule has 3 rings (SSSR count). The van der Waals surface area contributed by atoms with Gasteiger partial charge in [0, 0.05) is 21.8 Å². The van der Waals surface area contributed by atoms with Gasteiger partial charge in [-0.05, 0) is 30.3 Å². The number of rotatable bonds is 2. The van der Waals surface area contributed by atoms with Crippen LogP contribution in [0.15, 0.2) is 36.4 Å². The molecule has 0 spiro atoms. The zero-order valence-corrected chi connectivity index (χ0v) is 12.0. The number of primary amides is 2. The van der Waals surface area contributed by atoms with Crippen molar-refractivity contribution in [3.05, 3.63) is 36.4 Å². The molecule has 0 atom stereocenters. The predicted molar refractivity (Wildman–Crippen MR) is 88.3 cm³/mol. The standard InChI is InChI=1S/C14H15N7O2/c15-13(22)20(17)7-2-4-11-10(5-7)9-3-1-8(6-12(9)19-11)21(18)14(16)23/h1-6,19H,17-18H2,(H2,15,22)(H2,16,23). The third-order valence-corrected chi connectivity index (χ3v) is 3.60. The van der Waals surface area contributed by atoms with E-state index in [4.69, 9.17) is 23.2 Å². The molecule has 118 valence electrons. The van der Waals surface area contributed by atoms with Gasteiger partial charge in [0.15, 0.2) is 0 Å². The van der Waals surface area contributed by atoms with Crippen LogP contribution < -0.4 is 33.2 Å². The number of H-pyrrole nitrogens is 1. The first-order chi connectivity index (χ1) is 10.9. The predicted octanol–water partition coefficient (Wildman–Crippen LogP) is 0.839. The number of aromatic amines is 1. The SMILES string of the molecule is NC(=O)N(N)c1ccc2c(c1)[nH]c1ccc(N(N)C(N)=O)cc12. The van der Waals surface area contributed by atoms with Crippen molar-refractivity contribution in [2.45, 2.75) is 0 Å². The first kappa shape index (κ1) is 14.6. The van der Waals surface area contributed by atoms with Gasteiger partial charge in [-0.3, -0.25) is 0 Å². The number of hydrogen-bond donors (Lipinski definition) is 5. The van der Waals surface area contributed by atoms with E-state index in [0.29, 0.717) is 11.4 Å². The molecular weight excluding hydrogens is 298 g/mol. The monoisotopic (exact) mass is 313 g/mol. The quantitative estimate of drug-likeness (QED) is 0.269. The summed E-state index contributed by atoms with van der Waals surface area (Å²) in [6, 6.07) is 8.84. The number of anilines is 2. The highest BCUT2D eigenvalue weighted by molar-refractivity contribution is 6.10. The van der Waals surface area contributed by atoms with Crippen LogP contribution in [0.2, 0.25) is 0 Å². The summed E-state index contributed by atoms with van der Waals surface area (Å²) in [5.41, 5.74) is 12.8. The lowest BCUT2D eigenvalue weighted by Gasteiger charge is -2.13. The Hall–Kier alpha value is -3.30. The lowest BCUT2D eigenvalue weighted by atomic mass is 10.1. The van der Waals surface area contributed by atoms with Crippen LogP contribution in [0.25, 0.3) is 21.8 Å². The number of urea groups is 2. The zero-order chi connectivity index (χ0) is 16.7. The Kier molecular flexibility index (Phi) is 3.28. The van der Waals surface area contributed by atoms with Crippen molar-refractivity contribution in [1.82, 2.24) is 4.98 Å². The van der Waals surface area contributed by atoms with Gasteiger partial charge in [-0.15, -0.1) is 0 Å². The fourth-order valence-corrected chi connectivity index (χ4v) is 2.43. The number of nitrogens with two attached hydrogens (primary N) is 4. The average molecular weight is 313 g/mol. The molecule has 0 saturated heterocycles. The van der Waals surface area contributed by atoms with Crippen molar-refractivity contribution in [2.24, 2.45) is 23.2 Å². The number of carbonyl (C=O) groups excluding carboxylic acids is 2. The number of nitrogens with one attached hydrogen (secondary N) is 1. The molecular formula is C14H15N7O2. The van der Waals surface area contributed by atoms with Crippen LogP contribution in [0.1, 0.15) is 0 Å². The van der Waals surface area contributed by atoms with Crippen molar-refractivity contribution >= 4 is 45.2 Å². The number of amides is 4. The van der Waals surface area contributed by atoms with Crippen LogP contribution in [0.3, 0.4) is 0 Å². The van der Waals surface area contributed by atoms with E-state index >= 15 is 0 Å². The minimum atomic E-state index is -0.761. The smallest absolute Gasteiger partial charge is 0.333 e. The summed E-state index contributed by atoms with van der Waals surface area (Å²) in [5, 5.41) is 3.44. The van der Waals surface area contributed by atoms with Gasteiger partial charge in [-0.25, -0.2) is 31.3 Å². The minimum absolute atomic E-state index is 0.453. The normalized spacial score (nSPS) is 10.9. The van der Waals surface area contributed by atoms with Gasteiger partial charge in [-0.2, -0.15) is 0 Å². The Labute approximate surface area is 130 Å². The highest BCUT2D eigenvalue weighted by Crippen LogP contribution is 2.30. The molecule has 23 heavy (non-hydrogen) atoms. The molecule has 0 aliphatic carbocycles. The highest BCUT2D eigenvalue weighted by atomic mass is 16.2. The van der Waals surface area contributed by atoms with Crippen molar-refractivity contribution in [1.29, 1.82) is 0 Å². The molecule has 0 saturated carbocycles. The number of hydrazine groups is 2. The molecule has 3 aromatic rings. The van der Waals surface area contributed by atoms with Crippen molar-refractivity contribution in [2.75, 3.05) is 10.0 Å². The van der Waals surface area contributed by atoms with Crippen LogP contribution >= 0.6 is 0 Å². The summed E-state index contributed by atoms with van der Waals surface area (Å²) >= 11 is 0. The minimum Gasteiger partial charge on any atom is -0.354 e. The molecule has 9 heteroatoms. The summed E-state index contributed by atoms with van der Waals surface area (Å²) in [4.78, 5) is 25.5. The Bertz CT molecular complexity index is 933. The molecule has 9 nitrogen and oxygen atoms in total. The summed E-state index contributed by atoms with van der Waals surface area (Å²) in [6.45, 7) is 0. The summed E-state index contributed by atoms with van der Waals surface area (Å²) in [5.74, 6) is 11.2. The Morgan fingerprint density at radius 3 is 1.96 bits per heavy atom. The first-order valence-corrected chi connectivity index (χ1v) is 6.62. The third-order valence-electron chi connectivity index (χ3n) is 3.60. The maximum atomic E-state index is 11.2. The molecule has 9 N–H and O–H groups in total. The molecule has 0 aliphatic rings. The summed E-state index contributed by atoms with van der Waals surface area (Å²) in [6.07, 6.45) is 0. The van der Waals surface area contributed by atoms with E-state index in [0.717, 1.165) is 31.8 Å². The highest BCUT2D eigenvalue weighted by Gasteiger charge is 2.13. The second kappa shape index (κ2) is 5.16. The number of benzene rings is 2. The van der Waals surface area contributed by atoms with Gasteiger partial charge in [0.25, 0.3) is 0 Å². The number of aromatic nitrogens is 1. The Morgan fingerprint density at radius 2 is 1.35 bits per heavy atom. The Balaban J connectivity index is 2.15. The number of fused-ring (bicyclic) bond motifs is 3. The fraction of sp³-hybridized carbons (Fsp3) is 0. The van der Waals surface area contributed by atoms with E-state index < -0.39 is 12.1 Å². The molecule has 0 aliphatic heterocycles. The van der Waals surface area contributed by atoms with Gasteiger partial charge in [0.1, 0.15) is 0 Å². The summed E-state index contributed by atoms with van der Waals surface area (Å²) in [7, 11) is 0. The molecule has 2 aromatic carbocycles. The van der Waals surface area contributed by atoms with Crippen LogP contribution in [0, 0.1) is 0 Å². The molecule has 4 amide bonds. The van der Waals surface area contributed by atoms with Crippen LogP contribution in [0.5, 0.6) is 0 Å². The van der Waals surface area contributed by atoms with Gasteiger partial charge < -0.3 is 16.5 Å². The third kappa shape index (κ3) is 2.39. The van der Waals surface area contributed by atoms with Gasteiger partial charge in [0.05, 0.1) is 11.4 Å². The van der Waals surface area contributed by atoms with Crippen molar-refractivity contribution < 1.29 is 9.59 Å². The van der Waals surface area contributed by atoms with E-state index in [1.807, 2.05) is 0 Å². The van der Waals surface area contributed by atoms with Crippen LogP contribution in [-0.2, 0) is 0 Å². The second-order valence-electron chi connectivity index (χ2n) is 5.00. The molecule has 0 bridgehead atoms. The number of hydrogen-bond acceptors (Lipinski definition) is 4. The second-order valence-corrected chi connectivity index (χ2v) is 5.00. The average Bonchev–Trinajstić information content (AvgIpc) is 2.89. The number of nitrogens with zero attached hydrogens (tertiary/aromatic N) is 2. The molecule has 0 fully saturated rings. The van der Waals surface area contributed by atoms with E-state index in [1.54, 1.807) is 36.4 Å². The van der Waals surface area contributed by atoms with Crippen molar-refractivity contribution in [3.63, 3.8) is 0 Å². The van der Waals surface area contributed by atoms with Gasteiger partial charge in [0.2, 0.25) is 0 Å². The Morgan fingerprint density at radius 1 is 0.783 bits per heavy atom. The maximum Gasteiger partial charge on any atom is 0.333 e. The fourth-order valence-electron chi connectivity index (χ4n) is 2.43. The zero-order valence-electron chi connectivity index (χ0n) is 12.0. The lowest BCUT2D eigenvalue weighted by molar-refractivity contribution is 0.253. The lowest BCUT2D eigenvalue weighted by Crippen LogP contribution is -2.41. The topological polar surface area (TPSA) is 160 Å².